The van der Waals surface area contributed by atoms with Crippen molar-refractivity contribution in [3.63, 3.8) is 0 Å². The molecule has 1 aliphatic heterocycles. The number of nitrogens with two attached hydrogens (primary N) is 1. The van der Waals surface area contributed by atoms with Crippen molar-refractivity contribution < 1.29 is 18.0 Å². The first-order valence-electron chi connectivity index (χ1n) is 10.4. The minimum absolute atomic E-state index is 0.0711. The molecule has 1 heterocycles. The molecule has 33 heavy (non-hydrogen) atoms. The van der Waals surface area contributed by atoms with Gasteiger partial charge in [-0.1, -0.05) is 18.2 Å². The van der Waals surface area contributed by atoms with Gasteiger partial charge in [0.1, 0.15) is 0 Å². The van der Waals surface area contributed by atoms with Crippen molar-refractivity contribution in [2.75, 3.05) is 13.1 Å². The average Bonchev–Trinajstić information content (AvgIpc) is 2.70. The van der Waals surface area contributed by atoms with Gasteiger partial charge >= 0.3 is 6.18 Å². The maximum Gasteiger partial charge on any atom is 0.393 e. The van der Waals surface area contributed by atoms with E-state index in [9.17, 15) is 18.0 Å². The molecule has 0 saturated carbocycles. The molecule has 0 spiro atoms. The highest BCUT2D eigenvalue weighted by molar-refractivity contribution is 6.13. The van der Waals surface area contributed by atoms with E-state index in [1.54, 1.807) is 36.9 Å². The second-order valence-electron chi connectivity index (χ2n) is 8.45. The molecule has 0 aromatic heterocycles. The third-order valence-corrected chi connectivity index (χ3v) is 5.91. The Hall–Kier alpha value is -3.60. The summed E-state index contributed by atoms with van der Waals surface area (Å²) in [6, 6.07) is 12.5. The molecule has 1 aliphatic rings. The van der Waals surface area contributed by atoms with Crippen molar-refractivity contribution in [1.82, 2.24) is 4.90 Å². The highest BCUT2D eigenvalue weighted by Gasteiger charge is 2.34. The third kappa shape index (κ3) is 5.25. The van der Waals surface area contributed by atoms with Crippen LogP contribution in [-0.4, -0.2) is 35.8 Å². The van der Waals surface area contributed by atoms with E-state index in [1.807, 2.05) is 12.1 Å². The van der Waals surface area contributed by atoms with Gasteiger partial charge in [-0.3, -0.25) is 10.2 Å². The Labute approximate surface area is 190 Å². The van der Waals surface area contributed by atoms with Gasteiger partial charge in [0.25, 0.3) is 5.91 Å². The van der Waals surface area contributed by atoms with Crippen LogP contribution in [0, 0.1) is 30.6 Å². The van der Waals surface area contributed by atoms with Gasteiger partial charge in [0, 0.05) is 41.4 Å². The summed E-state index contributed by atoms with van der Waals surface area (Å²) < 4.78 is 39.1. The summed E-state index contributed by atoms with van der Waals surface area (Å²) in [6.07, 6.45) is -5.80. The monoisotopic (exact) mass is 454 g/mol. The lowest BCUT2D eigenvalue weighted by atomic mass is 9.88. The number of alkyl halides is 3. The van der Waals surface area contributed by atoms with E-state index in [2.05, 4.69) is 6.07 Å². The third-order valence-electron chi connectivity index (χ3n) is 5.91. The number of aryl methyl sites for hydroxylation is 2. The normalized spacial score (nSPS) is 14.9. The van der Waals surface area contributed by atoms with Crippen LogP contribution in [0.1, 0.15) is 57.4 Å². The number of carbonyl (C=O) groups is 1. The van der Waals surface area contributed by atoms with E-state index < -0.39 is 12.6 Å². The second-order valence-corrected chi connectivity index (χ2v) is 8.45. The summed E-state index contributed by atoms with van der Waals surface area (Å²) in [4.78, 5) is 14.8. The molecule has 1 fully saturated rings. The van der Waals surface area contributed by atoms with Gasteiger partial charge in [-0.2, -0.15) is 18.4 Å². The number of allylic oxidation sites excluding steroid dienone is 2. The number of hydrogen-bond acceptors (Lipinski definition) is 4. The van der Waals surface area contributed by atoms with Crippen LogP contribution in [0.3, 0.4) is 0 Å². The number of likely N-dealkylation sites (tertiary alicyclic amines) is 1. The lowest BCUT2D eigenvalue weighted by molar-refractivity contribution is -0.126. The zero-order valence-electron chi connectivity index (χ0n) is 18.7. The molecule has 8 heteroatoms. The molecule has 3 rings (SSSR count). The molecule has 2 aromatic rings. The van der Waals surface area contributed by atoms with Gasteiger partial charge < -0.3 is 10.6 Å². The van der Waals surface area contributed by atoms with E-state index in [-0.39, 0.29) is 34.4 Å². The Bertz CT molecular complexity index is 1160. The van der Waals surface area contributed by atoms with Crippen molar-refractivity contribution in [1.29, 1.82) is 10.7 Å². The van der Waals surface area contributed by atoms with Crippen molar-refractivity contribution in [2.45, 2.75) is 39.3 Å². The molecule has 5 nitrogen and oxygen atoms in total. The van der Waals surface area contributed by atoms with E-state index >= 15 is 0 Å². The zero-order chi connectivity index (χ0) is 24.5. The number of halogens is 3. The topological polar surface area (TPSA) is 94.0 Å². The van der Waals surface area contributed by atoms with E-state index in [0.29, 0.717) is 35.3 Å². The first-order valence-corrected chi connectivity index (χ1v) is 10.4. The molecule has 1 amide bonds. The molecule has 0 unspecified atom stereocenters. The number of nitrogens with one attached hydrogen (secondary N) is 1. The Morgan fingerprint density at radius 3 is 2.24 bits per heavy atom. The summed E-state index contributed by atoms with van der Waals surface area (Å²) in [5, 5.41) is 17.3. The van der Waals surface area contributed by atoms with Crippen LogP contribution in [0.25, 0.3) is 0 Å². The van der Waals surface area contributed by atoms with Gasteiger partial charge in [0.05, 0.1) is 23.8 Å². The van der Waals surface area contributed by atoms with Crippen LogP contribution in [0.2, 0.25) is 0 Å². The minimum Gasteiger partial charge on any atom is -0.402 e. The summed E-state index contributed by atoms with van der Waals surface area (Å²) in [5.74, 6) is -0.0660. The van der Waals surface area contributed by atoms with Gasteiger partial charge in [-0.25, -0.2) is 0 Å². The summed E-state index contributed by atoms with van der Waals surface area (Å²) in [7, 11) is 0. The summed E-state index contributed by atoms with van der Waals surface area (Å²) >= 11 is 0. The molecular weight excluding hydrogens is 429 g/mol. The minimum atomic E-state index is -4.50. The van der Waals surface area contributed by atoms with Gasteiger partial charge in [0.15, 0.2) is 0 Å². The lowest BCUT2D eigenvalue weighted by Crippen LogP contribution is -2.48. The molecule has 1 saturated heterocycles. The van der Waals surface area contributed by atoms with Crippen LogP contribution < -0.4 is 5.73 Å². The molecule has 0 bridgehead atoms. The lowest BCUT2D eigenvalue weighted by Gasteiger charge is -2.40. The fourth-order valence-corrected chi connectivity index (χ4v) is 4.00. The van der Waals surface area contributed by atoms with Crippen LogP contribution in [0.15, 0.2) is 47.7 Å². The molecule has 172 valence electrons. The molecule has 3 N–H and O–H groups in total. The smallest absolute Gasteiger partial charge is 0.393 e. The fourth-order valence-electron chi connectivity index (χ4n) is 4.00. The number of nitrogens with zero attached hydrogens (tertiary/aromatic N) is 2. The standard InChI is InChI=1S/C25H25F3N4O/c1-14-8-15(2)21(9-20(14)23(31)22(16(3)30)10-25(26,27)28)24(33)32-12-19(13-32)18-6-4-17(11-29)5-7-18/h4-9,19,31H,10,12-13,30H2,1-3H3/b22-16-,31-23?. The van der Waals surface area contributed by atoms with E-state index in [0.717, 1.165) is 5.56 Å². The Balaban J connectivity index is 1.82. The van der Waals surface area contributed by atoms with E-state index in [4.69, 9.17) is 16.4 Å². The van der Waals surface area contributed by atoms with Crippen molar-refractivity contribution in [2.24, 2.45) is 5.73 Å². The van der Waals surface area contributed by atoms with E-state index in [1.165, 1.54) is 13.0 Å². The second kappa shape index (κ2) is 9.10. The predicted octanol–water partition coefficient (Wildman–Crippen LogP) is 4.97. The van der Waals surface area contributed by atoms with Crippen LogP contribution in [-0.2, 0) is 0 Å². The predicted molar refractivity (Wildman–Crippen MR) is 120 cm³/mol. The number of benzene rings is 2. The molecular formula is C25H25F3N4O. The average molecular weight is 454 g/mol. The number of rotatable bonds is 5. The summed E-state index contributed by atoms with van der Waals surface area (Å²) in [5.41, 5.74) is 8.53. The number of hydrogen-bond donors (Lipinski definition) is 2. The highest BCUT2D eigenvalue weighted by atomic mass is 19.4. The SMILES string of the molecule is C/C(N)=C(\CC(F)(F)F)C(=N)c1cc(C(=O)N2CC(c3ccc(C#N)cc3)C2)c(C)cc1C. The highest BCUT2D eigenvalue weighted by Crippen LogP contribution is 2.32. The number of carbonyl (C=O) groups excluding carboxylic acids is 1. The first-order chi connectivity index (χ1) is 15.4. The Morgan fingerprint density at radius 1 is 1.15 bits per heavy atom. The zero-order valence-corrected chi connectivity index (χ0v) is 18.7. The van der Waals surface area contributed by atoms with Crippen molar-refractivity contribution in [3.8, 4) is 6.07 Å². The molecule has 0 radical (unpaired) electrons. The summed E-state index contributed by atoms with van der Waals surface area (Å²) in [6.45, 7) is 5.82. The number of amides is 1. The molecule has 0 aliphatic carbocycles. The Kier molecular flexibility index (Phi) is 6.63. The van der Waals surface area contributed by atoms with Crippen LogP contribution in [0.4, 0.5) is 13.2 Å². The maximum absolute atomic E-state index is 13.1. The molecule has 2 aromatic carbocycles. The Morgan fingerprint density at radius 2 is 1.73 bits per heavy atom. The van der Waals surface area contributed by atoms with Gasteiger partial charge in [-0.15, -0.1) is 0 Å². The van der Waals surface area contributed by atoms with Crippen molar-refractivity contribution in [3.05, 3.63) is 81.0 Å². The fraction of sp³-hybridized carbons (Fsp3) is 0.320. The maximum atomic E-state index is 13.1. The first kappa shape index (κ1) is 24.1. The van der Waals surface area contributed by atoms with Crippen LogP contribution >= 0.6 is 0 Å². The molecule has 0 atom stereocenters. The van der Waals surface area contributed by atoms with Crippen molar-refractivity contribution >= 4 is 11.6 Å². The largest absolute Gasteiger partial charge is 0.402 e. The van der Waals surface area contributed by atoms with Gasteiger partial charge in [-0.05, 0) is 55.7 Å². The van der Waals surface area contributed by atoms with Crippen LogP contribution in [0.5, 0.6) is 0 Å². The van der Waals surface area contributed by atoms with Gasteiger partial charge in [0.2, 0.25) is 0 Å². The number of nitriles is 1. The quantitative estimate of drug-likeness (QED) is 0.625.